The van der Waals surface area contributed by atoms with Crippen LogP contribution in [0.2, 0.25) is 0 Å². The summed E-state index contributed by atoms with van der Waals surface area (Å²) in [4.78, 5) is 12.7. The van der Waals surface area contributed by atoms with E-state index in [1.165, 1.54) is 6.42 Å². The maximum Gasteiger partial charge on any atom is 0.272 e. The third kappa shape index (κ3) is 6.31. The summed E-state index contributed by atoms with van der Waals surface area (Å²) in [6.07, 6.45) is 3.01. The van der Waals surface area contributed by atoms with Crippen molar-refractivity contribution in [2.45, 2.75) is 19.3 Å². The van der Waals surface area contributed by atoms with Gasteiger partial charge in [-0.3, -0.25) is 10.1 Å². The molecule has 0 bridgehead atoms. The zero-order valence-corrected chi connectivity index (χ0v) is 11.8. The molecule has 1 aromatic rings. The molecule has 1 rings (SSSR count). The van der Waals surface area contributed by atoms with Gasteiger partial charge in [-0.25, -0.2) is 0 Å². The molecule has 0 aliphatic carbocycles. The highest BCUT2D eigenvalue weighted by Crippen LogP contribution is 2.17. The fourth-order valence-electron chi connectivity index (χ4n) is 1.93. The summed E-state index contributed by atoms with van der Waals surface area (Å²) < 4.78 is 0. The first-order valence-electron chi connectivity index (χ1n) is 6.69. The summed E-state index contributed by atoms with van der Waals surface area (Å²) in [5, 5.41) is 14.2. The number of nitrogens with one attached hydrogen (secondary N) is 1. The minimum atomic E-state index is -0.313. The van der Waals surface area contributed by atoms with Crippen molar-refractivity contribution in [3.63, 3.8) is 0 Å². The average Bonchev–Trinajstić information content (AvgIpc) is 2.37. The van der Waals surface area contributed by atoms with Gasteiger partial charge in [0.2, 0.25) is 0 Å². The van der Waals surface area contributed by atoms with E-state index in [1.54, 1.807) is 12.1 Å². The van der Waals surface area contributed by atoms with Crippen LogP contribution in [0.4, 0.5) is 5.69 Å². The zero-order valence-electron chi connectivity index (χ0n) is 11.8. The van der Waals surface area contributed by atoms with E-state index in [1.807, 2.05) is 12.1 Å². The molecule has 0 spiro atoms. The average molecular weight is 265 g/mol. The molecule has 0 unspecified atom stereocenters. The molecule has 106 valence electrons. The second-order valence-corrected chi connectivity index (χ2v) is 4.90. The quantitative estimate of drug-likeness (QED) is 0.422. The van der Waals surface area contributed by atoms with Crippen molar-refractivity contribution >= 4 is 5.69 Å². The van der Waals surface area contributed by atoms with Gasteiger partial charge >= 0.3 is 0 Å². The summed E-state index contributed by atoms with van der Waals surface area (Å²) >= 11 is 0. The van der Waals surface area contributed by atoms with Gasteiger partial charge in [0.25, 0.3) is 5.69 Å². The van der Waals surface area contributed by atoms with Gasteiger partial charge in [-0.05, 0) is 53.0 Å². The van der Waals surface area contributed by atoms with Crippen molar-refractivity contribution < 1.29 is 4.92 Å². The zero-order chi connectivity index (χ0) is 14.1. The summed E-state index contributed by atoms with van der Waals surface area (Å²) in [6.45, 7) is 2.85. The van der Waals surface area contributed by atoms with Gasteiger partial charge in [-0.2, -0.15) is 0 Å². The Labute approximate surface area is 114 Å². The standard InChI is InChI=1S/C14H23N3O2/c1-16(2)12-6-5-10-15-11-9-13-7-3-4-8-14(13)17(18)19/h3-4,7-8,15H,5-6,9-12H2,1-2H3. The van der Waals surface area contributed by atoms with Crippen LogP contribution in [0.25, 0.3) is 0 Å². The summed E-state index contributed by atoms with van der Waals surface area (Å²) in [5.41, 5.74) is 1.02. The molecule has 0 radical (unpaired) electrons. The maximum atomic E-state index is 10.8. The molecule has 0 saturated carbocycles. The minimum Gasteiger partial charge on any atom is -0.316 e. The maximum absolute atomic E-state index is 10.8. The first-order valence-corrected chi connectivity index (χ1v) is 6.69. The van der Waals surface area contributed by atoms with Crippen LogP contribution in [0.5, 0.6) is 0 Å². The number of hydrogen-bond acceptors (Lipinski definition) is 4. The van der Waals surface area contributed by atoms with E-state index in [0.717, 1.165) is 31.6 Å². The Kier molecular flexibility index (Phi) is 7.07. The molecule has 5 nitrogen and oxygen atoms in total. The molecule has 0 aliphatic heterocycles. The second-order valence-electron chi connectivity index (χ2n) is 4.90. The Balaban J connectivity index is 2.21. The van der Waals surface area contributed by atoms with E-state index in [0.29, 0.717) is 6.42 Å². The van der Waals surface area contributed by atoms with Crippen molar-refractivity contribution in [2.75, 3.05) is 33.7 Å². The third-order valence-electron chi connectivity index (χ3n) is 2.97. The first-order chi connectivity index (χ1) is 9.11. The molecule has 0 fully saturated rings. The van der Waals surface area contributed by atoms with Crippen LogP contribution in [0.1, 0.15) is 18.4 Å². The Bertz CT molecular complexity index is 394. The lowest BCUT2D eigenvalue weighted by Gasteiger charge is -2.09. The molecular formula is C14H23N3O2. The van der Waals surface area contributed by atoms with Crippen molar-refractivity contribution in [1.82, 2.24) is 10.2 Å². The minimum absolute atomic E-state index is 0.219. The lowest BCUT2D eigenvalue weighted by Crippen LogP contribution is -2.20. The van der Waals surface area contributed by atoms with Gasteiger partial charge in [0.05, 0.1) is 4.92 Å². The van der Waals surface area contributed by atoms with Crippen LogP contribution in [-0.2, 0) is 6.42 Å². The fraction of sp³-hybridized carbons (Fsp3) is 0.571. The SMILES string of the molecule is CN(C)CCCCNCCc1ccccc1[N+](=O)[O-]. The highest BCUT2D eigenvalue weighted by molar-refractivity contribution is 5.39. The summed E-state index contributed by atoms with van der Waals surface area (Å²) in [7, 11) is 4.14. The van der Waals surface area contributed by atoms with Crippen LogP contribution >= 0.6 is 0 Å². The molecule has 19 heavy (non-hydrogen) atoms. The van der Waals surface area contributed by atoms with Crippen LogP contribution in [0.3, 0.4) is 0 Å². The number of unbranched alkanes of at least 4 members (excludes halogenated alkanes) is 1. The highest BCUT2D eigenvalue weighted by atomic mass is 16.6. The normalized spacial score (nSPS) is 10.9. The van der Waals surface area contributed by atoms with Gasteiger partial charge < -0.3 is 10.2 Å². The van der Waals surface area contributed by atoms with Crippen LogP contribution in [0, 0.1) is 10.1 Å². The van der Waals surface area contributed by atoms with Gasteiger partial charge in [-0.1, -0.05) is 18.2 Å². The lowest BCUT2D eigenvalue weighted by molar-refractivity contribution is -0.385. The predicted molar refractivity (Wildman–Crippen MR) is 77.5 cm³/mol. The molecule has 0 aromatic heterocycles. The number of nitro groups is 1. The van der Waals surface area contributed by atoms with E-state index >= 15 is 0 Å². The Hall–Kier alpha value is -1.46. The summed E-state index contributed by atoms with van der Waals surface area (Å²) in [5.74, 6) is 0. The molecular weight excluding hydrogens is 242 g/mol. The number of nitrogens with zero attached hydrogens (tertiary/aromatic N) is 2. The van der Waals surface area contributed by atoms with Crippen molar-refractivity contribution in [2.24, 2.45) is 0 Å². The fourth-order valence-corrected chi connectivity index (χ4v) is 1.93. The third-order valence-corrected chi connectivity index (χ3v) is 2.97. The number of para-hydroxylation sites is 1. The molecule has 1 aromatic carbocycles. The highest BCUT2D eigenvalue weighted by Gasteiger charge is 2.10. The Morgan fingerprint density at radius 1 is 1.21 bits per heavy atom. The van der Waals surface area contributed by atoms with Crippen molar-refractivity contribution in [3.05, 3.63) is 39.9 Å². The van der Waals surface area contributed by atoms with Crippen molar-refractivity contribution in [1.29, 1.82) is 0 Å². The molecule has 0 aliphatic rings. The number of hydrogen-bond donors (Lipinski definition) is 1. The second kappa shape index (κ2) is 8.61. The molecule has 0 amide bonds. The number of nitro benzene ring substituents is 1. The van der Waals surface area contributed by atoms with E-state index in [-0.39, 0.29) is 10.6 Å². The Morgan fingerprint density at radius 3 is 2.63 bits per heavy atom. The van der Waals surface area contributed by atoms with Gasteiger partial charge in [0.1, 0.15) is 0 Å². The molecule has 1 N–H and O–H groups in total. The van der Waals surface area contributed by atoms with E-state index in [4.69, 9.17) is 0 Å². The predicted octanol–water partition coefficient (Wildman–Crippen LogP) is 2.07. The lowest BCUT2D eigenvalue weighted by atomic mass is 10.1. The first kappa shape index (κ1) is 15.6. The number of benzene rings is 1. The van der Waals surface area contributed by atoms with Crippen LogP contribution < -0.4 is 5.32 Å². The van der Waals surface area contributed by atoms with E-state index in [2.05, 4.69) is 24.3 Å². The Morgan fingerprint density at radius 2 is 1.95 bits per heavy atom. The topological polar surface area (TPSA) is 58.4 Å². The van der Waals surface area contributed by atoms with Crippen LogP contribution in [-0.4, -0.2) is 43.6 Å². The number of rotatable bonds is 9. The smallest absolute Gasteiger partial charge is 0.272 e. The van der Waals surface area contributed by atoms with Crippen molar-refractivity contribution in [3.8, 4) is 0 Å². The largest absolute Gasteiger partial charge is 0.316 e. The van der Waals surface area contributed by atoms with Crippen LogP contribution in [0.15, 0.2) is 24.3 Å². The monoisotopic (exact) mass is 265 g/mol. The van der Waals surface area contributed by atoms with E-state index < -0.39 is 0 Å². The van der Waals surface area contributed by atoms with Gasteiger partial charge in [0, 0.05) is 11.6 Å². The van der Waals surface area contributed by atoms with Gasteiger partial charge in [0.15, 0.2) is 0 Å². The van der Waals surface area contributed by atoms with E-state index in [9.17, 15) is 10.1 Å². The summed E-state index contributed by atoms with van der Waals surface area (Å²) in [6, 6.07) is 6.94. The molecule has 0 saturated heterocycles. The van der Waals surface area contributed by atoms with Gasteiger partial charge in [-0.15, -0.1) is 0 Å². The molecule has 0 heterocycles. The molecule has 0 atom stereocenters. The molecule has 5 heteroatoms.